The van der Waals surface area contributed by atoms with Crippen LogP contribution in [0.25, 0.3) is 0 Å². The SMILES string of the molecule is COc1ccccc1CN(C)C(=O)CCn1ccccc1=O. The minimum atomic E-state index is -0.0947. The number of carbonyl (C=O) groups is 1. The van der Waals surface area contributed by atoms with E-state index in [0.717, 1.165) is 11.3 Å². The van der Waals surface area contributed by atoms with E-state index in [1.807, 2.05) is 24.3 Å². The molecule has 5 nitrogen and oxygen atoms in total. The molecule has 0 fully saturated rings. The van der Waals surface area contributed by atoms with Crippen LogP contribution in [0.2, 0.25) is 0 Å². The fourth-order valence-corrected chi connectivity index (χ4v) is 2.23. The molecule has 0 bridgehead atoms. The van der Waals surface area contributed by atoms with Gasteiger partial charge in [-0.3, -0.25) is 9.59 Å². The lowest BCUT2D eigenvalue weighted by Crippen LogP contribution is -2.28. The second-order valence-corrected chi connectivity index (χ2v) is 5.04. The van der Waals surface area contributed by atoms with Gasteiger partial charge in [0, 0.05) is 44.4 Å². The molecule has 0 saturated heterocycles. The van der Waals surface area contributed by atoms with Crippen LogP contribution in [0.5, 0.6) is 5.75 Å². The van der Waals surface area contributed by atoms with Crippen molar-refractivity contribution in [2.24, 2.45) is 0 Å². The molecule has 0 aliphatic heterocycles. The molecule has 0 radical (unpaired) electrons. The van der Waals surface area contributed by atoms with Gasteiger partial charge in [0.1, 0.15) is 5.75 Å². The van der Waals surface area contributed by atoms with Gasteiger partial charge in [0.25, 0.3) is 5.56 Å². The highest BCUT2D eigenvalue weighted by molar-refractivity contribution is 5.75. The molecule has 1 heterocycles. The number of ether oxygens (including phenoxy) is 1. The maximum atomic E-state index is 12.2. The number of nitrogens with zero attached hydrogens (tertiary/aromatic N) is 2. The molecule has 0 spiro atoms. The van der Waals surface area contributed by atoms with E-state index in [2.05, 4.69) is 0 Å². The number of amides is 1. The van der Waals surface area contributed by atoms with E-state index >= 15 is 0 Å². The molecular weight excluding hydrogens is 280 g/mol. The van der Waals surface area contributed by atoms with Gasteiger partial charge in [-0.2, -0.15) is 0 Å². The van der Waals surface area contributed by atoms with Crippen molar-refractivity contribution in [3.63, 3.8) is 0 Å². The topological polar surface area (TPSA) is 51.5 Å². The number of hydrogen-bond donors (Lipinski definition) is 0. The van der Waals surface area contributed by atoms with Crippen molar-refractivity contribution in [1.29, 1.82) is 0 Å². The summed E-state index contributed by atoms with van der Waals surface area (Å²) in [5.74, 6) is 0.753. The van der Waals surface area contributed by atoms with E-state index in [0.29, 0.717) is 13.1 Å². The van der Waals surface area contributed by atoms with Gasteiger partial charge >= 0.3 is 0 Å². The van der Waals surface area contributed by atoms with Crippen LogP contribution >= 0.6 is 0 Å². The molecule has 2 rings (SSSR count). The number of rotatable bonds is 6. The monoisotopic (exact) mass is 300 g/mol. The Labute approximate surface area is 129 Å². The third-order valence-electron chi connectivity index (χ3n) is 3.49. The van der Waals surface area contributed by atoms with Crippen molar-refractivity contribution >= 4 is 5.91 Å². The number of benzene rings is 1. The average Bonchev–Trinajstić information content (AvgIpc) is 2.54. The van der Waals surface area contributed by atoms with Crippen LogP contribution in [-0.4, -0.2) is 29.5 Å². The second-order valence-electron chi connectivity index (χ2n) is 5.04. The lowest BCUT2D eigenvalue weighted by atomic mass is 10.2. The summed E-state index contributed by atoms with van der Waals surface area (Å²) in [5.41, 5.74) is 0.861. The number of methoxy groups -OCH3 is 1. The molecule has 0 saturated carbocycles. The summed E-state index contributed by atoms with van der Waals surface area (Å²) in [7, 11) is 3.37. The maximum Gasteiger partial charge on any atom is 0.250 e. The predicted molar refractivity (Wildman–Crippen MR) is 84.8 cm³/mol. The molecule has 1 aromatic heterocycles. The summed E-state index contributed by atoms with van der Waals surface area (Å²) in [5, 5.41) is 0. The fraction of sp³-hybridized carbons (Fsp3) is 0.294. The minimum Gasteiger partial charge on any atom is -0.496 e. The number of carbonyl (C=O) groups excluding carboxylic acids is 1. The van der Waals surface area contributed by atoms with E-state index in [-0.39, 0.29) is 17.9 Å². The van der Waals surface area contributed by atoms with Gasteiger partial charge in [0.2, 0.25) is 5.91 Å². The number of para-hydroxylation sites is 1. The molecule has 0 atom stereocenters. The third kappa shape index (κ3) is 3.97. The molecule has 0 N–H and O–H groups in total. The largest absolute Gasteiger partial charge is 0.496 e. The Hall–Kier alpha value is -2.56. The van der Waals surface area contributed by atoms with E-state index in [1.54, 1.807) is 37.4 Å². The number of aryl methyl sites for hydroxylation is 1. The highest BCUT2D eigenvalue weighted by Gasteiger charge is 2.12. The highest BCUT2D eigenvalue weighted by Crippen LogP contribution is 2.18. The third-order valence-corrected chi connectivity index (χ3v) is 3.49. The predicted octanol–water partition coefficient (Wildman–Crippen LogP) is 1.91. The standard InChI is InChI=1S/C17H20N2O3/c1-18(13-14-7-3-4-8-15(14)22-2)16(20)10-12-19-11-6-5-9-17(19)21/h3-9,11H,10,12-13H2,1-2H3. The van der Waals surface area contributed by atoms with E-state index in [9.17, 15) is 9.59 Å². The summed E-state index contributed by atoms with van der Waals surface area (Å²) in [4.78, 5) is 25.4. The van der Waals surface area contributed by atoms with E-state index in [1.165, 1.54) is 10.6 Å². The number of hydrogen-bond acceptors (Lipinski definition) is 3. The molecule has 22 heavy (non-hydrogen) atoms. The Morgan fingerprint density at radius 1 is 1.18 bits per heavy atom. The number of pyridine rings is 1. The minimum absolute atomic E-state index is 0.0124. The first-order valence-electron chi connectivity index (χ1n) is 7.13. The van der Waals surface area contributed by atoms with Crippen molar-refractivity contribution in [2.75, 3.05) is 14.2 Å². The van der Waals surface area contributed by atoms with Crippen LogP contribution in [0.1, 0.15) is 12.0 Å². The van der Waals surface area contributed by atoms with Crippen LogP contribution in [-0.2, 0) is 17.9 Å². The number of aromatic nitrogens is 1. The first-order chi connectivity index (χ1) is 10.6. The Kier molecular flexibility index (Phi) is 5.36. The van der Waals surface area contributed by atoms with Crippen molar-refractivity contribution in [2.45, 2.75) is 19.5 Å². The maximum absolute atomic E-state index is 12.2. The van der Waals surface area contributed by atoms with Gasteiger partial charge in [-0.25, -0.2) is 0 Å². The van der Waals surface area contributed by atoms with Crippen LogP contribution in [0, 0.1) is 0 Å². The second kappa shape index (κ2) is 7.45. The normalized spacial score (nSPS) is 10.3. The molecule has 0 unspecified atom stereocenters. The molecule has 116 valence electrons. The zero-order valence-electron chi connectivity index (χ0n) is 12.9. The van der Waals surface area contributed by atoms with Crippen LogP contribution < -0.4 is 10.3 Å². The Bertz CT molecular complexity index is 694. The zero-order valence-corrected chi connectivity index (χ0v) is 12.9. The van der Waals surface area contributed by atoms with Crippen LogP contribution in [0.15, 0.2) is 53.5 Å². The van der Waals surface area contributed by atoms with Gasteiger partial charge in [-0.15, -0.1) is 0 Å². The highest BCUT2D eigenvalue weighted by atomic mass is 16.5. The Balaban J connectivity index is 1.95. The summed E-state index contributed by atoms with van der Waals surface area (Å²) >= 11 is 0. The van der Waals surface area contributed by atoms with Crippen LogP contribution in [0.3, 0.4) is 0 Å². The Morgan fingerprint density at radius 2 is 1.91 bits per heavy atom. The van der Waals surface area contributed by atoms with Gasteiger partial charge < -0.3 is 14.2 Å². The summed E-state index contributed by atoms with van der Waals surface area (Å²) in [6.07, 6.45) is 1.98. The van der Waals surface area contributed by atoms with Crippen LogP contribution in [0.4, 0.5) is 0 Å². The smallest absolute Gasteiger partial charge is 0.250 e. The van der Waals surface area contributed by atoms with Gasteiger partial charge in [-0.05, 0) is 12.1 Å². The summed E-state index contributed by atoms with van der Waals surface area (Å²) < 4.78 is 6.82. The molecule has 2 aromatic rings. The molecule has 1 aromatic carbocycles. The lowest BCUT2D eigenvalue weighted by molar-refractivity contribution is -0.130. The van der Waals surface area contributed by atoms with E-state index < -0.39 is 0 Å². The van der Waals surface area contributed by atoms with Crippen molar-refractivity contribution in [3.8, 4) is 5.75 Å². The average molecular weight is 300 g/mol. The van der Waals surface area contributed by atoms with Crippen molar-refractivity contribution < 1.29 is 9.53 Å². The first-order valence-corrected chi connectivity index (χ1v) is 7.13. The molecular formula is C17H20N2O3. The quantitative estimate of drug-likeness (QED) is 0.819. The summed E-state index contributed by atoms with van der Waals surface area (Å²) in [6, 6.07) is 12.6. The first kappa shape index (κ1) is 15.8. The van der Waals surface area contributed by atoms with Gasteiger partial charge in [0.15, 0.2) is 0 Å². The van der Waals surface area contributed by atoms with Gasteiger partial charge in [0.05, 0.1) is 7.11 Å². The Morgan fingerprint density at radius 3 is 2.64 bits per heavy atom. The van der Waals surface area contributed by atoms with Crippen molar-refractivity contribution in [1.82, 2.24) is 9.47 Å². The molecule has 0 aliphatic rings. The molecule has 5 heteroatoms. The zero-order chi connectivity index (χ0) is 15.9. The molecule has 1 amide bonds. The van der Waals surface area contributed by atoms with Crippen molar-refractivity contribution in [3.05, 3.63) is 64.6 Å². The van der Waals surface area contributed by atoms with E-state index in [4.69, 9.17) is 4.74 Å². The van der Waals surface area contributed by atoms with Gasteiger partial charge in [-0.1, -0.05) is 24.3 Å². The molecule has 0 aliphatic carbocycles. The summed E-state index contributed by atoms with van der Waals surface area (Å²) in [6.45, 7) is 0.862. The lowest BCUT2D eigenvalue weighted by Gasteiger charge is -2.19. The fourth-order valence-electron chi connectivity index (χ4n) is 2.23.